The van der Waals surface area contributed by atoms with Crippen molar-refractivity contribution in [3.63, 3.8) is 0 Å². The molecule has 20 heavy (non-hydrogen) atoms. The van der Waals surface area contributed by atoms with Gasteiger partial charge in [0, 0.05) is 19.2 Å². The van der Waals surface area contributed by atoms with Gasteiger partial charge in [0.05, 0.1) is 18.1 Å². The summed E-state index contributed by atoms with van der Waals surface area (Å²) < 4.78 is 7.43. The molecule has 0 radical (unpaired) electrons. The molecule has 1 saturated heterocycles. The number of nitrogens with zero attached hydrogens (tertiary/aromatic N) is 3. The van der Waals surface area contributed by atoms with Crippen LogP contribution in [0.5, 0.6) is 5.75 Å². The van der Waals surface area contributed by atoms with Crippen LogP contribution in [0.2, 0.25) is 0 Å². The molecular formula is C15H22N4O. The predicted octanol–water partition coefficient (Wildman–Crippen LogP) is 1.97. The van der Waals surface area contributed by atoms with Gasteiger partial charge in [-0.25, -0.2) is 4.98 Å². The normalized spacial score (nSPS) is 20.4. The average molecular weight is 274 g/mol. The number of imidazole rings is 1. The Labute approximate surface area is 119 Å². The number of anilines is 1. The van der Waals surface area contributed by atoms with Crippen molar-refractivity contribution in [2.24, 2.45) is 5.92 Å². The summed E-state index contributed by atoms with van der Waals surface area (Å²) in [5.41, 5.74) is 8.10. The highest BCUT2D eigenvalue weighted by atomic mass is 16.5. The fourth-order valence-electron chi connectivity index (χ4n) is 3.12. The lowest BCUT2D eigenvalue weighted by molar-refractivity contribution is 0.196. The highest BCUT2D eigenvalue weighted by Crippen LogP contribution is 2.26. The number of hydrogen-bond donors (Lipinski definition) is 1. The van der Waals surface area contributed by atoms with E-state index in [1.807, 2.05) is 18.2 Å². The lowest BCUT2D eigenvalue weighted by Gasteiger charge is -2.30. The third kappa shape index (κ3) is 2.45. The van der Waals surface area contributed by atoms with E-state index in [1.54, 1.807) is 7.11 Å². The van der Waals surface area contributed by atoms with Crippen molar-refractivity contribution < 1.29 is 4.74 Å². The fourth-order valence-corrected chi connectivity index (χ4v) is 3.12. The zero-order valence-corrected chi connectivity index (χ0v) is 12.2. The third-order valence-corrected chi connectivity index (χ3v) is 4.15. The number of hydrogen-bond acceptors (Lipinski definition) is 4. The second-order valence-corrected chi connectivity index (χ2v) is 5.71. The monoisotopic (exact) mass is 274 g/mol. The van der Waals surface area contributed by atoms with Gasteiger partial charge < -0.3 is 19.9 Å². The second-order valence-electron chi connectivity index (χ2n) is 5.71. The molecule has 5 heteroatoms. The quantitative estimate of drug-likeness (QED) is 0.929. The van der Waals surface area contributed by atoms with Crippen LogP contribution in [0.25, 0.3) is 11.0 Å². The molecule has 1 atom stereocenters. The van der Waals surface area contributed by atoms with Gasteiger partial charge in [0.25, 0.3) is 0 Å². The number of ether oxygens (including phenoxy) is 1. The summed E-state index contributed by atoms with van der Waals surface area (Å²) in [6.45, 7) is 3.26. The van der Waals surface area contributed by atoms with Gasteiger partial charge in [0.2, 0.25) is 5.95 Å². The second kappa shape index (κ2) is 5.32. The first-order valence-corrected chi connectivity index (χ1v) is 7.15. The van der Waals surface area contributed by atoms with Crippen LogP contribution in [-0.4, -0.2) is 41.7 Å². The Balaban J connectivity index is 1.91. The molecule has 1 aliphatic rings. The van der Waals surface area contributed by atoms with E-state index in [-0.39, 0.29) is 0 Å². The number of benzene rings is 1. The Kier molecular flexibility index (Phi) is 3.53. The lowest BCUT2D eigenvalue weighted by Crippen LogP contribution is -2.34. The van der Waals surface area contributed by atoms with E-state index in [0.717, 1.165) is 29.9 Å². The van der Waals surface area contributed by atoms with E-state index in [0.29, 0.717) is 11.9 Å². The molecule has 3 rings (SSSR count). The average Bonchev–Trinajstić information content (AvgIpc) is 2.74. The van der Waals surface area contributed by atoms with Crippen LogP contribution in [0.4, 0.5) is 5.95 Å². The van der Waals surface area contributed by atoms with Gasteiger partial charge in [-0.1, -0.05) is 0 Å². The van der Waals surface area contributed by atoms with Gasteiger partial charge in [-0.3, -0.25) is 0 Å². The molecule has 0 bridgehead atoms. The zero-order valence-electron chi connectivity index (χ0n) is 12.2. The summed E-state index contributed by atoms with van der Waals surface area (Å²) in [6, 6.07) is 5.91. The molecule has 1 aliphatic heterocycles. The van der Waals surface area contributed by atoms with Crippen LogP contribution in [0.3, 0.4) is 0 Å². The fraction of sp³-hybridized carbons (Fsp3) is 0.533. The van der Waals surface area contributed by atoms with Crippen molar-refractivity contribution in [1.29, 1.82) is 0 Å². The Hall–Kier alpha value is -1.75. The summed E-state index contributed by atoms with van der Waals surface area (Å²) in [7, 11) is 3.87. The van der Waals surface area contributed by atoms with Crippen LogP contribution in [0.15, 0.2) is 18.2 Å². The van der Waals surface area contributed by atoms with E-state index in [9.17, 15) is 0 Å². The summed E-state index contributed by atoms with van der Waals surface area (Å²) in [5.74, 6) is 2.08. The molecule has 2 N–H and O–H groups in total. The molecule has 2 aromatic rings. The molecule has 1 unspecified atom stereocenters. The van der Waals surface area contributed by atoms with Crippen LogP contribution < -0.4 is 10.5 Å². The molecule has 5 nitrogen and oxygen atoms in total. The first-order valence-electron chi connectivity index (χ1n) is 7.15. The lowest BCUT2D eigenvalue weighted by atomic mass is 9.98. The van der Waals surface area contributed by atoms with Gasteiger partial charge in [0.1, 0.15) is 5.75 Å². The van der Waals surface area contributed by atoms with E-state index in [2.05, 4.69) is 21.5 Å². The topological polar surface area (TPSA) is 56.3 Å². The van der Waals surface area contributed by atoms with Crippen molar-refractivity contribution >= 4 is 17.0 Å². The standard InChI is InChI=1S/C15H22N4O/c1-18-7-3-4-11(9-18)10-19-14-8-12(20-2)5-6-13(14)17-15(19)16/h5-6,8,11H,3-4,7,9-10H2,1-2H3,(H2,16,17). The summed E-state index contributed by atoms with van der Waals surface area (Å²) in [5, 5.41) is 0. The molecule has 0 spiro atoms. The number of methoxy groups -OCH3 is 1. The third-order valence-electron chi connectivity index (χ3n) is 4.15. The summed E-state index contributed by atoms with van der Waals surface area (Å²) >= 11 is 0. The Morgan fingerprint density at radius 2 is 2.30 bits per heavy atom. The van der Waals surface area contributed by atoms with Crippen molar-refractivity contribution in [3.8, 4) is 5.75 Å². The van der Waals surface area contributed by atoms with Crippen LogP contribution in [0.1, 0.15) is 12.8 Å². The number of aromatic nitrogens is 2. The van der Waals surface area contributed by atoms with Crippen LogP contribution in [0, 0.1) is 5.92 Å². The number of nitrogens with two attached hydrogens (primary N) is 1. The highest BCUT2D eigenvalue weighted by Gasteiger charge is 2.20. The van der Waals surface area contributed by atoms with Gasteiger partial charge in [-0.2, -0.15) is 0 Å². The zero-order chi connectivity index (χ0) is 14.1. The van der Waals surface area contributed by atoms with Gasteiger partial charge in [-0.15, -0.1) is 0 Å². The Morgan fingerprint density at radius 1 is 1.45 bits per heavy atom. The van der Waals surface area contributed by atoms with Crippen LogP contribution >= 0.6 is 0 Å². The number of likely N-dealkylation sites (tertiary alicyclic amines) is 1. The van der Waals surface area contributed by atoms with Gasteiger partial charge in [-0.05, 0) is 44.5 Å². The Bertz CT molecular complexity index is 607. The number of fused-ring (bicyclic) bond motifs is 1. The SMILES string of the molecule is COc1ccc2nc(N)n(CC3CCCN(C)C3)c2c1. The number of rotatable bonds is 3. The molecule has 0 saturated carbocycles. The van der Waals surface area contributed by atoms with E-state index in [1.165, 1.54) is 19.4 Å². The predicted molar refractivity (Wildman–Crippen MR) is 80.9 cm³/mol. The van der Waals surface area contributed by atoms with Gasteiger partial charge >= 0.3 is 0 Å². The van der Waals surface area contributed by atoms with Gasteiger partial charge in [0.15, 0.2) is 0 Å². The minimum absolute atomic E-state index is 0.599. The van der Waals surface area contributed by atoms with Crippen molar-refractivity contribution in [2.75, 3.05) is 33.0 Å². The maximum absolute atomic E-state index is 6.09. The number of nitrogen functional groups attached to an aromatic ring is 1. The van der Waals surface area contributed by atoms with Crippen LogP contribution in [-0.2, 0) is 6.54 Å². The Morgan fingerprint density at radius 3 is 3.05 bits per heavy atom. The molecule has 2 heterocycles. The number of piperidine rings is 1. The molecule has 1 aromatic carbocycles. The first kappa shape index (κ1) is 13.2. The van der Waals surface area contributed by atoms with Crippen molar-refractivity contribution in [3.05, 3.63) is 18.2 Å². The maximum Gasteiger partial charge on any atom is 0.201 e. The highest BCUT2D eigenvalue weighted by molar-refractivity contribution is 5.79. The van der Waals surface area contributed by atoms with Crippen molar-refractivity contribution in [1.82, 2.24) is 14.5 Å². The molecule has 108 valence electrons. The smallest absolute Gasteiger partial charge is 0.201 e. The van der Waals surface area contributed by atoms with E-state index < -0.39 is 0 Å². The molecular weight excluding hydrogens is 252 g/mol. The van der Waals surface area contributed by atoms with E-state index in [4.69, 9.17) is 10.5 Å². The summed E-state index contributed by atoms with van der Waals surface area (Å²) in [4.78, 5) is 6.84. The van der Waals surface area contributed by atoms with E-state index >= 15 is 0 Å². The minimum atomic E-state index is 0.599. The summed E-state index contributed by atoms with van der Waals surface area (Å²) in [6.07, 6.45) is 2.52. The molecule has 1 aromatic heterocycles. The minimum Gasteiger partial charge on any atom is -0.497 e. The van der Waals surface area contributed by atoms with Crippen molar-refractivity contribution in [2.45, 2.75) is 19.4 Å². The molecule has 0 amide bonds. The first-order chi connectivity index (χ1) is 9.67. The largest absolute Gasteiger partial charge is 0.497 e. The molecule has 1 fully saturated rings. The maximum atomic E-state index is 6.09. The molecule has 0 aliphatic carbocycles.